The van der Waals surface area contributed by atoms with Gasteiger partial charge >= 0.3 is 0 Å². The first kappa shape index (κ1) is 14.0. The quantitative estimate of drug-likeness (QED) is 0.890. The Balaban J connectivity index is 2.02. The van der Waals surface area contributed by atoms with Gasteiger partial charge in [-0.3, -0.25) is 0 Å². The van der Waals surface area contributed by atoms with E-state index >= 15 is 0 Å². The minimum atomic E-state index is -0.686. The first-order valence-corrected chi connectivity index (χ1v) is 6.73. The molecule has 2 rings (SSSR count). The molecule has 1 aromatic rings. The van der Waals surface area contributed by atoms with Gasteiger partial charge in [0.15, 0.2) is 0 Å². The molecule has 0 aromatic heterocycles. The summed E-state index contributed by atoms with van der Waals surface area (Å²) in [5.74, 6) is 2.03. The predicted molar refractivity (Wildman–Crippen MR) is 73.1 cm³/mol. The van der Waals surface area contributed by atoms with Crippen LogP contribution < -0.4 is 14.2 Å². The van der Waals surface area contributed by atoms with Crippen molar-refractivity contribution in [3.8, 4) is 17.2 Å². The van der Waals surface area contributed by atoms with Crippen LogP contribution in [0.2, 0.25) is 0 Å². The van der Waals surface area contributed by atoms with Crippen LogP contribution in [0.1, 0.15) is 32.1 Å². The average molecular weight is 266 g/mol. The molecule has 1 N–H and O–H groups in total. The molecule has 0 saturated heterocycles. The third-order valence-electron chi connectivity index (χ3n) is 3.62. The maximum absolute atomic E-state index is 10.4. The van der Waals surface area contributed by atoms with Crippen molar-refractivity contribution in [1.82, 2.24) is 0 Å². The fourth-order valence-corrected chi connectivity index (χ4v) is 2.44. The number of benzene rings is 1. The highest BCUT2D eigenvalue weighted by Crippen LogP contribution is 2.31. The monoisotopic (exact) mass is 266 g/mol. The van der Waals surface area contributed by atoms with Crippen molar-refractivity contribution in [2.75, 3.05) is 20.8 Å². The fraction of sp³-hybridized carbons (Fsp3) is 0.600. The molecule has 106 valence electrons. The van der Waals surface area contributed by atoms with Gasteiger partial charge in [-0.25, -0.2) is 0 Å². The molecule has 0 unspecified atom stereocenters. The van der Waals surface area contributed by atoms with Gasteiger partial charge in [0.05, 0.1) is 19.8 Å². The molecular weight excluding hydrogens is 244 g/mol. The lowest BCUT2D eigenvalue weighted by atomic mass is 9.85. The van der Waals surface area contributed by atoms with Gasteiger partial charge in [0, 0.05) is 18.2 Å². The average Bonchev–Trinajstić information content (AvgIpc) is 2.45. The molecule has 1 aromatic carbocycles. The highest BCUT2D eigenvalue weighted by Gasteiger charge is 2.30. The summed E-state index contributed by atoms with van der Waals surface area (Å²) in [5.41, 5.74) is -0.686. The third kappa shape index (κ3) is 3.77. The van der Waals surface area contributed by atoms with Gasteiger partial charge in [0.25, 0.3) is 0 Å². The van der Waals surface area contributed by atoms with E-state index in [1.54, 1.807) is 32.4 Å². The summed E-state index contributed by atoms with van der Waals surface area (Å²) in [6.45, 7) is 0.323. The Morgan fingerprint density at radius 2 is 1.47 bits per heavy atom. The van der Waals surface area contributed by atoms with Gasteiger partial charge in [-0.2, -0.15) is 0 Å². The number of hydrogen-bond acceptors (Lipinski definition) is 4. The van der Waals surface area contributed by atoms with E-state index in [1.807, 2.05) is 0 Å². The maximum Gasteiger partial charge on any atom is 0.126 e. The van der Waals surface area contributed by atoms with Crippen molar-refractivity contribution >= 4 is 0 Å². The lowest BCUT2D eigenvalue weighted by Crippen LogP contribution is -2.37. The minimum Gasteiger partial charge on any atom is -0.496 e. The summed E-state index contributed by atoms with van der Waals surface area (Å²) < 4.78 is 16.1. The van der Waals surface area contributed by atoms with Crippen LogP contribution in [0.5, 0.6) is 17.2 Å². The van der Waals surface area contributed by atoms with Gasteiger partial charge in [0.1, 0.15) is 23.9 Å². The number of hydrogen-bond donors (Lipinski definition) is 1. The smallest absolute Gasteiger partial charge is 0.126 e. The van der Waals surface area contributed by atoms with Gasteiger partial charge in [-0.1, -0.05) is 19.3 Å². The van der Waals surface area contributed by atoms with Crippen LogP contribution in [0.15, 0.2) is 18.2 Å². The number of methoxy groups -OCH3 is 2. The molecular formula is C15H22O4. The normalized spacial score (nSPS) is 17.8. The molecule has 1 fully saturated rings. The first-order valence-electron chi connectivity index (χ1n) is 6.73. The zero-order valence-electron chi connectivity index (χ0n) is 11.6. The lowest BCUT2D eigenvalue weighted by Gasteiger charge is -2.31. The second-order valence-corrected chi connectivity index (χ2v) is 5.12. The van der Waals surface area contributed by atoms with Gasteiger partial charge in [-0.15, -0.1) is 0 Å². The summed E-state index contributed by atoms with van der Waals surface area (Å²) in [5, 5.41) is 10.4. The molecule has 0 amide bonds. The van der Waals surface area contributed by atoms with Crippen molar-refractivity contribution in [1.29, 1.82) is 0 Å². The largest absolute Gasteiger partial charge is 0.496 e. The molecule has 0 radical (unpaired) electrons. The van der Waals surface area contributed by atoms with Crippen LogP contribution in [0, 0.1) is 0 Å². The Morgan fingerprint density at radius 1 is 0.947 bits per heavy atom. The van der Waals surface area contributed by atoms with E-state index in [0.29, 0.717) is 23.9 Å². The standard InChI is InChI=1S/C15H22O4/c1-17-12-8-13(18-2)10-14(9-12)19-11-15(16)6-4-3-5-7-15/h8-10,16H,3-7,11H2,1-2H3. The molecule has 0 bridgehead atoms. The van der Waals surface area contributed by atoms with E-state index in [2.05, 4.69) is 0 Å². The van der Waals surface area contributed by atoms with E-state index in [-0.39, 0.29) is 0 Å². The van der Waals surface area contributed by atoms with Crippen molar-refractivity contribution in [3.63, 3.8) is 0 Å². The van der Waals surface area contributed by atoms with Crippen LogP contribution in [0.25, 0.3) is 0 Å². The van der Waals surface area contributed by atoms with E-state index in [9.17, 15) is 5.11 Å². The Bertz CT molecular complexity index is 388. The van der Waals surface area contributed by atoms with Crippen LogP contribution in [-0.2, 0) is 0 Å². The zero-order valence-corrected chi connectivity index (χ0v) is 11.6. The molecule has 1 saturated carbocycles. The van der Waals surface area contributed by atoms with Crippen LogP contribution in [0.4, 0.5) is 0 Å². The Morgan fingerprint density at radius 3 is 2.00 bits per heavy atom. The van der Waals surface area contributed by atoms with E-state index < -0.39 is 5.60 Å². The topological polar surface area (TPSA) is 47.9 Å². The van der Waals surface area contributed by atoms with Gasteiger partial charge in [-0.05, 0) is 12.8 Å². The van der Waals surface area contributed by atoms with Crippen molar-refractivity contribution in [2.45, 2.75) is 37.7 Å². The number of aliphatic hydroxyl groups is 1. The molecule has 4 heteroatoms. The SMILES string of the molecule is COc1cc(OC)cc(OCC2(O)CCCCC2)c1. The molecule has 0 aliphatic heterocycles. The van der Waals surface area contributed by atoms with Crippen molar-refractivity contribution in [3.05, 3.63) is 18.2 Å². The molecule has 0 heterocycles. The fourth-order valence-electron chi connectivity index (χ4n) is 2.44. The summed E-state index contributed by atoms with van der Waals surface area (Å²) in [6.07, 6.45) is 4.97. The van der Waals surface area contributed by atoms with E-state index in [4.69, 9.17) is 14.2 Å². The maximum atomic E-state index is 10.4. The Labute approximate surface area is 114 Å². The highest BCUT2D eigenvalue weighted by atomic mass is 16.5. The van der Waals surface area contributed by atoms with Crippen LogP contribution in [0.3, 0.4) is 0 Å². The second-order valence-electron chi connectivity index (χ2n) is 5.12. The molecule has 1 aliphatic rings. The molecule has 19 heavy (non-hydrogen) atoms. The number of rotatable bonds is 5. The summed E-state index contributed by atoms with van der Waals surface area (Å²) in [7, 11) is 3.21. The van der Waals surface area contributed by atoms with Crippen molar-refractivity contribution < 1.29 is 19.3 Å². The van der Waals surface area contributed by atoms with Crippen LogP contribution >= 0.6 is 0 Å². The molecule has 0 spiro atoms. The molecule has 0 atom stereocenters. The highest BCUT2D eigenvalue weighted by molar-refractivity contribution is 5.42. The number of ether oxygens (including phenoxy) is 3. The van der Waals surface area contributed by atoms with E-state index in [0.717, 1.165) is 25.7 Å². The minimum absolute atomic E-state index is 0.323. The second kappa shape index (κ2) is 6.15. The van der Waals surface area contributed by atoms with Crippen molar-refractivity contribution in [2.24, 2.45) is 0 Å². The molecule has 4 nitrogen and oxygen atoms in total. The Hall–Kier alpha value is -1.42. The lowest BCUT2D eigenvalue weighted by molar-refractivity contribution is -0.0339. The van der Waals surface area contributed by atoms with Gasteiger partial charge < -0.3 is 19.3 Å². The summed E-state index contributed by atoms with van der Waals surface area (Å²) >= 11 is 0. The summed E-state index contributed by atoms with van der Waals surface area (Å²) in [4.78, 5) is 0. The predicted octanol–water partition coefficient (Wildman–Crippen LogP) is 2.78. The van der Waals surface area contributed by atoms with E-state index in [1.165, 1.54) is 6.42 Å². The first-order chi connectivity index (χ1) is 9.15. The molecule has 1 aliphatic carbocycles. The Kier molecular flexibility index (Phi) is 4.53. The van der Waals surface area contributed by atoms with Gasteiger partial charge in [0.2, 0.25) is 0 Å². The summed E-state index contributed by atoms with van der Waals surface area (Å²) in [6, 6.07) is 5.39. The van der Waals surface area contributed by atoms with Crippen LogP contribution in [-0.4, -0.2) is 31.5 Å². The third-order valence-corrected chi connectivity index (χ3v) is 3.62. The zero-order chi connectivity index (χ0) is 13.7.